The summed E-state index contributed by atoms with van der Waals surface area (Å²) in [6.45, 7) is 2.64. The van der Waals surface area contributed by atoms with Crippen LogP contribution in [0.2, 0.25) is 0 Å². The molecule has 0 fully saturated rings. The first-order valence-electron chi connectivity index (χ1n) is 8.61. The number of hydrogen-bond acceptors (Lipinski definition) is 3. The number of rotatable bonds is 5. The van der Waals surface area contributed by atoms with Gasteiger partial charge in [-0.2, -0.15) is 0 Å². The number of carbonyl (C=O) groups is 2. The van der Waals surface area contributed by atoms with Crippen molar-refractivity contribution < 1.29 is 9.59 Å². The van der Waals surface area contributed by atoms with Crippen LogP contribution in [0.4, 0.5) is 5.69 Å². The van der Waals surface area contributed by atoms with Crippen molar-refractivity contribution in [3.8, 4) is 0 Å². The van der Waals surface area contributed by atoms with Gasteiger partial charge >= 0.3 is 0 Å². The summed E-state index contributed by atoms with van der Waals surface area (Å²) in [7, 11) is 0. The van der Waals surface area contributed by atoms with E-state index in [4.69, 9.17) is 0 Å². The number of para-hydroxylation sites is 1. The number of nitrogens with one attached hydrogen (secondary N) is 1. The monoisotopic (exact) mass is 432 g/mol. The molecule has 0 aromatic heterocycles. The second-order valence-electron chi connectivity index (χ2n) is 6.21. The van der Waals surface area contributed by atoms with E-state index in [1.165, 1.54) is 0 Å². The summed E-state index contributed by atoms with van der Waals surface area (Å²) in [6.07, 6.45) is 0.416. The third kappa shape index (κ3) is 4.68. The molecule has 1 aliphatic rings. The van der Waals surface area contributed by atoms with Crippen molar-refractivity contribution in [1.29, 1.82) is 0 Å². The fourth-order valence-electron chi connectivity index (χ4n) is 2.96. The number of hydrogen-bond donors (Lipinski definition) is 1. The van der Waals surface area contributed by atoms with Gasteiger partial charge in [0.2, 0.25) is 11.8 Å². The molecule has 4 nitrogen and oxygen atoms in total. The Bertz CT molecular complexity index is 812. The predicted molar refractivity (Wildman–Crippen MR) is 109 cm³/mol. The van der Waals surface area contributed by atoms with E-state index >= 15 is 0 Å². The first-order chi connectivity index (χ1) is 12.5. The van der Waals surface area contributed by atoms with Crippen molar-refractivity contribution in [3.05, 3.63) is 58.6 Å². The Balaban J connectivity index is 1.54. The fourth-order valence-corrected chi connectivity index (χ4v) is 4.37. The number of fused-ring (bicyclic) bond motifs is 1. The second-order valence-corrected chi connectivity index (χ2v) is 8.26. The summed E-state index contributed by atoms with van der Waals surface area (Å²) in [6, 6.07) is 15.7. The molecule has 0 saturated carbocycles. The minimum atomic E-state index is -0.106. The summed E-state index contributed by atoms with van der Waals surface area (Å²) in [5, 5.41) is 2.97. The standard InChI is InChI=1S/C20H21BrN2O2S/c1-14(15-5-4-6-16(21)13-15)22-19(24)9-10-20(25)23-11-12-26-18-8-3-2-7-17(18)23/h2-8,13-14H,9-12H2,1H3,(H,22,24). The molecule has 6 heteroatoms. The first-order valence-corrected chi connectivity index (χ1v) is 10.4. The number of halogens is 1. The van der Waals surface area contributed by atoms with E-state index in [0.717, 1.165) is 26.4 Å². The predicted octanol–water partition coefficient (Wildman–Crippen LogP) is 4.55. The van der Waals surface area contributed by atoms with Gasteiger partial charge < -0.3 is 10.2 Å². The molecule has 26 heavy (non-hydrogen) atoms. The number of amides is 2. The maximum atomic E-state index is 12.6. The Labute approximate surface area is 166 Å². The zero-order chi connectivity index (χ0) is 18.5. The van der Waals surface area contributed by atoms with E-state index in [1.807, 2.05) is 55.5 Å². The van der Waals surface area contributed by atoms with Crippen LogP contribution in [0.3, 0.4) is 0 Å². The smallest absolute Gasteiger partial charge is 0.227 e. The number of nitrogens with zero attached hydrogens (tertiary/aromatic N) is 1. The lowest BCUT2D eigenvalue weighted by atomic mass is 10.1. The van der Waals surface area contributed by atoms with Crippen LogP contribution >= 0.6 is 27.7 Å². The molecule has 0 bridgehead atoms. The van der Waals surface area contributed by atoms with Gasteiger partial charge in [0.25, 0.3) is 0 Å². The van der Waals surface area contributed by atoms with Crippen LogP contribution in [0.15, 0.2) is 57.9 Å². The SMILES string of the molecule is CC(NC(=O)CCC(=O)N1CCSc2ccccc21)c1cccc(Br)c1. The van der Waals surface area contributed by atoms with Crippen LogP contribution < -0.4 is 10.2 Å². The van der Waals surface area contributed by atoms with Gasteiger partial charge in [-0.1, -0.05) is 40.2 Å². The van der Waals surface area contributed by atoms with Crippen molar-refractivity contribution in [1.82, 2.24) is 5.32 Å². The number of benzene rings is 2. The molecular formula is C20H21BrN2O2S. The van der Waals surface area contributed by atoms with Crippen molar-refractivity contribution in [2.24, 2.45) is 0 Å². The number of anilines is 1. The highest BCUT2D eigenvalue weighted by atomic mass is 79.9. The molecule has 2 aromatic carbocycles. The van der Waals surface area contributed by atoms with Crippen LogP contribution in [0, 0.1) is 0 Å². The van der Waals surface area contributed by atoms with E-state index in [1.54, 1.807) is 16.7 Å². The second kappa shape index (κ2) is 8.73. The first kappa shape index (κ1) is 19.0. The topological polar surface area (TPSA) is 49.4 Å². The summed E-state index contributed by atoms with van der Waals surface area (Å²) >= 11 is 5.20. The minimum Gasteiger partial charge on any atom is -0.350 e. The van der Waals surface area contributed by atoms with Gasteiger partial charge in [-0.15, -0.1) is 11.8 Å². The Morgan fingerprint density at radius 2 is 2.00 bits per heavy atom. The van der Waals surface area contributed by atoms with E-state index in [2.05, 4.69) is 21.2 Å². The lowest BCUT2D eigenvalue weighted by molar-refractivity contribution is -0.125. The van der Waals surface area contributed by atoms with Gasteiger partial charge in [0.1, 0.15) is 0 Å². The molecule has 2 amide bonds. The van der Waals surface area contributed by atoms with E-state index < -0.39 is 0 Å². The third-order valence-electron chi connectivity index (χ3n) is 4.32. The molecule has 1 N–H and O–H groups in total. The molecule has 0 aliphatic carbocycles. The van der Waals surface area contributed by atoms with Crippen LogP contribution in [0.25, 0.3) is 0 Å². The average Bonchev–Trinajstić information content (AvgIpc) is 2.65. The molecule has 0 radical (unpaired) electrons. The Hall–Kier alpha value is -1.79. The Morgan fingerprint density at radius 3 is 2.81 bits per heavy atom. The summed E-state index contributed by atoms with van der Waals surface area (Å²) in [5.74, 6) is 0.781. The highest BCUT2D eigenvalue weighted by Gasteiger charge is 2.23. The van der Waals surface area contributed by atoms with Crippen molar-refractivity contribution in [2.75, 3.05) is 17.2 Å². The third-order valence-corrected chi connectivity index (χ3v) is 5.86. The van der Waals surface area contributed by atoms with Gasteiger partial charge in [-0.3, -0.25) is 9.59 Å². The minimum absolute atomic E-state index is 0.00279. The van der Waals surface area contributed by atoms with Gasteiger partial charge in [0, 0.05) is 34.5 Å². The molecule has 2 aromatic rings. The maximum absolute atomic E-state index is 12.6. The largest absolute Gasteiger partial charge is 0.350 e. The maximum Gasteiger partial charge on any atom is 0.227 e. The van der Waals surface area contributed by atoms with E-state index in [0.29, 0.717) is 6.54 Å². The molecule has 0 spiro atoms. The van der Waals surface area contributed by atoms with Gasteiger partial charge in [-0.05, 0) is 36.8 Å². The van der Waals surface area contributed by atoms with Crippen LogP contribution in [-0.2, 0) is 9.59 Å². The van der Waals surface area contributed by atoms with Crippen LogP contribution in [0.5, 0.6) is 0 Å². The summed E-state index contributed by atoms with van der Waals surface area (Å²) in [4.78, 5) is 27.8. The zero-order valence-electron chi connectivity index (χ0n) is 14.6. The highest BCUT2D eigenvalue weighted by Crippen LogP contribution is 2.34. The van der Waals surface area contributed by atoms with Crippen molar-refractivity contribution in [3.63, 3.8) is 0 Å². The van der Waals surface area contributed by atoms with E-state index in [9.17, 15) is 9.59 Å². The van der Waals surface area contributed by atoms with Crippen molar-refractivity contribution >= 4 is 45.2 Å². The van der Waals surface area contributed by atoms with Gasteiger partial charge in [0.05, 0.1) is 11.7 Å². The molecule has 1 heterocycles. The number of carbonyl (C=O) groups excluding carboxylic acids is 2. The quantitative estimate of drug-likeness (QED) is 0.753. The summed E-state index contributed by atoms with van der Waals surface area (Å²) in [5.41, 5.74) is 1.98. The molecule has 0 saturated heterocycles. The Morgan fingerprint density at radius 1 is 1.19 bits per heavy atom. The number of thioether (sulfide) groups is 1. The molecule has 1 atom stereocenters. The molecule has 1 aliphatic heterocycles. The van der Waals surface area contributed by atoms with Crippen molar-refractivity contribution in [2.45, 2.75) is 30.7 Å². The van der Waals surface area contributed by atoms with Gasteiger partial charge in [-0.25, -0.2) is 0 Å². The van der Waals surface area contributed by atoms with Gasteiger partial charge in [0.15, 0.2) is 0 Å². The Kier molecular flexibility index (Phi) is 6.38. The molecular weight excluding hydrogens is 412 g/mol. The lowest BCUT2D eigenvalue weighted by Gasteiger charge is -2.29. The fraction of sp³-hybridized carbons (Fsp3) is 0.300. The molecule has 3 rings (SSSR count). The molecule has 136 valence electrons. The average molecular weight is 433 g/mol. The normalized spacial score (nSPS) is 14.5. The lowest BCUT2D eigenvalue weighted by Crippen LogP contribution is -2.36. The highest BCUT2D eigenvalue weighted by molar-refractivity contribution is 9.10. The van der Waals surface area contributed by atoms with Crippen LogP contribution in [0.1, 0.15) is 31.4 Å². The van der Waals surface area contributed by atoms with Crippen LogP contribution in [-0.4, -0.2) is 24.1 Å². The summed E-state index contributed by atoms with van der Waals surface area (Å²) < 4.78 is 0.980. The van der Waals surface area contributed by atoms with E-state index in [-0.39, 0.29) is 30.7 Å². The zero-order valence-corrected chi connectivity index (χ0v) is 17.0. The molecule has 1 unspecified atom stereocenters.